The average molecular weight is 280 g/mol. The summed E-state index contributed by atoms with van der Waals surface area (Å²) in [7, 11) is 0. The van der Waals surface area contributed by atoms with Crippen molar-refractivity contribution in [1.29, 1.82) is 0 Å². The van der Waals surface area contributed by atoms with Gasteiger partial charge in [0.1, 0.15) is 11.2 Å². The van der Waals surface area contributed by atoms with Crippen LogP contribution in [-0.4, -0.2) is 28.4 Å². The number of esters is 1. The molecule has 0 amide bonds. The molecule has 4 bridgehead atoms. The number of hydrogen-bond acceptors (Lipinski definition) is 4. The van der Waals surface area contributed by atoms with Gasteiger partial charge in [-0.05, 0) is 50.9 Å². The van der Waals surface area contributed by atoms with Crippen LogP contribution >= 0.6 is 0 Å². The van der Waals surface area contributed by atoms with E-state index in [4.69, 9.17) is 14.6 Å². The van der Waals surface area contributed by atoms with Gasteiger partial charge in [0.25, 0.3) is 0 Å². The molecule has 0 aromatic heterocycles. The summed E-state index contributed by atoms with van der Waals surface area (Å²) >= 11 is 0. The molecule has 4 aliphatic carbocycles. The minimum atomic E-state index is -1.23. The molecule has 20 heavy (non-hydrogen) atoms. The van der Waals surface area contributed by atoms with Crippen LogP contribution in [0.1, 0.15) is 45.4 Å². The number of carboxylic acid groups (broad SMARTS) is 1. The molecule has 5 heteroatoms. The Balaban J connectivity index is 1.85. The SMILES string of the molecule is C=C(C)C(=O)OC12CC3CC(CC(OC(=O)O)(C3)C1)C2. The van der Waals surface area contributed by atoms with Crippen LogP contribution in [0.2, 0.25) is 0 Å². The highest BCUT2D eigenvalue weighted by Gasteiger charge is 2.61. The zero-order valence-corrected chi connectivity index (χ0v) is 11.7. The molecule has 1 N–H and O–H groups in total. The van der Waals surface area contributed by atoms with E-state index in [-0.39, 0.29) is 5.97 Å². The van der Waals surface area contributed by atoms with Crippen molar-refractivity contribution in [3.63, 3.8) is 0 Å². The molecule has 2 atom stereocenters. The van der Waals surface area contributed by atoms with Crippen LogP contribution in [-0.2, 0) is 14.3 Å². The van der Waals surface area contributed by atoms with E-state index in [0.29, 0.717) is 23.8 Å². The topological polar surface area (TPSA) is 72.8 Å². The summed E-state index contributed by atoms with van der Waals surface area (Å²) in [5.41, 5.74) is -0.810. The van der Waals surface area contributed by atoms with Crippen molar-refractivity contribution in [2.75, 3.05) is 0 Å². The van der Waals surface area contributed by atoms with Crippen LogP contribution in [0.4, 0.5) is 4.79 Å². The molecule has 110 valence electrons. The van der Waals surface area contributed by atoms with Gasteiger partial charge in [0, 0.05) is 12.0 Å². The van der Waals surface area contributed by atoms with Gasteiger partial charge in [0.15, 0.2) is 0 Å². The highest BCUT2D eigenvalue weighted by Crippen LogP contribution is 2.60. The molecular weight excluding hydrogens is 260 g/mol. The van der Waals surface area contributed by atoms with Crippen LogP contribution < -0.4 is 0 Å². The molecule has 0 aliphatic heterocycles. The summed E-state index contributed by atoms with van der Waals surface area (Å²) in [5, 5.41) is 8.98. The molecule has 4 aliphatic rings. The molecule has 0 aromatic rings. The molecule has 0 heterocycles. The first-order valence-corrected chi connectivity index (χ1v) is 7.12. The van der Waals surface area contributed by atoms with E-state index in [9.17, 15) is 9.59 Å². The van der Waals surface area contributed by atoms with Crippen molar-refractivity contribution in [3.05, 3.63) is 12.2 Å². The summed E-state index contributed by atoms with van der Waals surface area (Å²) in [4.78, 5) is 22.8. The second kappa shape index (κ2) is 4.24. The van der Waals surface area contributed by atoms with Crippen LogP contribution in [0.25, 0.3) is 0 Å². The lowest BCUT2D eigenvalue weighted by molar-refractivity contribution is -0.219. The summed E-state index contributed by atoms with van der Waals surface area (Å²) in [6.07, 6.45) is 3.55. The third-order valence-corrected chi connectivity index (χ3v) is 4.92. The van der Waals surface area contributed by atoms with E-state index >= 15 is 0 Å². The summed E-state index contributed by atoms with van der Waals surface area (Å²) in [5.74, 6) is 0.416. The Hall–Kier alpha value is -1.52. The predicted octanol–water partition coefficient (Wildman–Crippen LogP) is 2.89. The number of rotatable bonds is 3. The molecule has 0 aromatic carbocycles. The first-order chi connectivity index (χ1) is 9.31. The van der Waals surface area contributed by atoms with Crippen LogP contribution in [0.3, 0.4) is 0 Å². The third kappa shape index (κ3) is 2.19. The molecular formula is C15H20O5. The quantitative estimate of drug-likeness (QED) is 0.635. The lowest BCUT2D eigenvalue weighted by atomic mass is 9.52. The highest BCUT2D eigenvalue weighted by molar-refractivity contribution is 5.87. The van der Waals surface area contributed by atoms with Crippen molar-refractivity contribution in [1.82, 2.24) is 0 Å². The molecule has 0 radical (unpaired) electrons. The van der Waals surface area contributed by atoms with Gasteiger partial charge in [0.05, 0.1) is 0 Å². The normalized spacial score (nSPS) is 41.2. The Kier molecular flexibility index (Phi) is 2.85. The fraction of sp³-hybridized carbons (Fsp3) is 0.733. The van der Waals surface area contributed by atoms with Gasteiger partial charge in [-0.3, -0.25) is 0 Å². The largest absolute Gasteiger partial charge is 0.506 e. The number of carbonyl (C=O) groups is 2. The smallest absolute Gasteiger partial charge is 0.456 e. The maximum Gasteiger partial charge on any atom is 0.506 e. The minimum absolute atomic E-state index is 0.377. The van der Waals surface area contributed by atoms with Crippen molar-refractivity contribution in [2.24, 2.45) is 11.8 Å². The second-order valence-electron chi connectivity index (χ2n) is 6.86. The van der Waals surface area contributed by atoms with Crippen LogP contribution in [0.5, 0.6) is 0 Å². The van der Waals surface area contributed by atoms with E-state index in [1.807, 2.05) is 0 Å². The zero-order valence-electron chi connectivity index (χ0n) is 11.7. The highest BCUT2D eigenvalue weighted by atomic mass is 16.7. The second-order valence-corrected chi connectivity index (χ2v) is 6.86. The number of carbonyl (C=O) groups excluding carboxylic acids is 1. The molecule has 4 rings (SSSR count). The Morgan fingerprint density at radius 2 is 1.60 bits per heavy atom. The maximum absolute atomic E-state index is 11.9. The Labute approximate surface area is 117 Å². The third-order valence-electron chi connectivity index (χ3n) is 4.92. The van der Waals surface area contributed by atoms with Gasteiger partial charge in [-0.2, -0.15) is 0 Å². The van der Waals surface area contributed by atoms with E-state index < -0.39 is 17.4 Å². The summed E-state index contributed by atoms with van der Waals surface area (Å²) < 4.78 is 10.9. The standard InChI is InChI=1S/C15H20O5/c1-9(2)12(16)19-14-4-10-3-11(5-14)7-15(6-10,8-14)20-13(17)18/h10-11H,1,3-8H2,2H3,(H,17,18). The zero-order chi connectivity index (χ0) is 14.5. The van der Waals surface area contributed by atoms with Crippen molar-refractivity contribution >= 4 is 12.1 Å². The fourth-order valence-corrected chi connectivity index (χ4v) is 4.80. The van der Waals surface area contributed by atoms with E-state index in [1.165, 1.54) is 0 Å². The summed E-state index contributed by atoms with van der Waals surface area (Å²) in [6, 6.07) is 0. The number of ether oxygens (including phenoxy) is 2. The maximum atomic E-state index is 11.9. The van der Waals surface area contributed by atoms with Crippen molar-refractivity contribution in [2.45, 2.75) is 56.7 Å². The van der Waals surface area contributed by atoms with Crippen LogP contribution in [0, 0.1) is 11.8 Å². The lowest BCUT2D eigenvalue weighted by Gasteiger charge is -2.59. The monoisotopic (exact) mass is 280 g/mol. The lowest BCUT2D eigenvalue weighted by Crippen LogP contribution is -2.61. The molecule has 4 saturated carbocycles. The van der Waals surface area contributed by atoms with Gasteiger partial charge in [-0.1, -0.05) is 6.58 Å². The van der Waals surface area contributed by atoms with E-state index in [2.05, 4.69) is 6.58 Å². The number of hydrogen-bond donors (Lipinski definition) is 1. The molecule has 0 saturated heterocycles. The Morgan fingerprint density at radius 3 is 2.05 bits per heavy atom. The molecule has 2 unspecified atom stereocenters. The van der Waals surface area contributed by atoms with Crippen molar-refractivity contribution < 1.29 is 24.2 Å². The van der Waals surface area contributed by atoms with E-state index in [1.54, 1.807) is 6.92 Å². The van der Waals surface area contributed by atoms with Crippen molar-refractivity contribution in [3.8, 4) is 0 Å². The average Bonchev–Trinajstić information content (AvgIpc) is 2.23. The molecule has 0 spiro atoms. The fourth-order valence-electron chi connectivity index (χ4n) is 4.80. The predicted molar refractivity (Wildman–Crippen MR) is 70.2 cm³/mol. The Morgan fingerprint density at radius 1 is 1.10 bits per heavy atom. The molecule has 5 nitrogen and oxygen atoms in total. The van der Waals surface area contributed by atoms with Gasteiger partial charge in [-0.25, -0.2) is 9.59 Å². The van der Waals surface area contributed by atoms with Gasteiger partial charge in [0.2, 0.25) is 0 Å². The van der Waals surface area contributed by atoms with Gasteiger partial charge in [-0.15, -0.1) is 0 Å². The summed E-state index contributed by atoms with van der Waals surface area (Å²) in [6.45, 7) is 5.25. The first-order valence-electron chi connectivity index (χ1n) is 7.12. The van der Waals surface area contributed by atoms with Gasteiger partial charge < -0.3 is 14.6 Å². The Bertz CT molecular complexity index is 467. The molecule has 4 fully saturated rings. The first kappa shape index (κ1) is 13.5. The van der Waals surface area contributed by atoms with Gasteiger partial charge >= 0.3 is 12.1 Å². The van der Waals surface area contributed by atoms with E-state index in [0.717, 1.165) is 32.1 Å². The minimum Gasteiger partial charge on any atom is -0.456 e. The van der Waals surface area contributed by atoms with Crippen LogP contribution in [0.15, 0.2) is 12.2 Å².